The lowest BCUT2D eigenvalue weighted by atomic mass is 9.81. The van der Waals surface area contributed by atoms with E-state index < -0.39 is 0 Å². The number of fused-ring (bicyclic) bond motifs is 1. The van der Waals surface area contributed by atoms with Gasteiger partial charge in [-0.2, -0.15) is 0 Å². The summed E-state index contributed by atoms with van der Waals surface area (Å²) < 4.78 is 0. The van der Waals surface area contributed by atoms with Crippen molar-refractivity contribution >= 4 is 17.5 Å². The monoisotopic (exact) mass is 286 g/mol. The lowest BCUT2D eigenvalue weighted by molar-refractivity contribution is -0.153. The Morgan fingerprint density at radius 1 is 1.19 bits per heavy atom. The zero-order valence-corrected chi connectivity index (χ0v) is 12.7. The van der Waals surface area contributed by atoms with Crippen molar-refractivity contribution in [2.75, 3.05) is 11.9 Å². The highest BCUT2D eigenvalue weighted by Gasteiger charge is 2.37. The molecule has 1 fully saturated rings. The fraction of sp³-hybridized carbons (Fsp3) is 0.529. The molecule has 2 aliphatic heterocycles. The summed E-state index contributed by atoms with van der Waals surface area (Å²) in [6.07, 6.45) is 3.08. The van der Waals surface area contributed by atoms with E-state index in [-0.39, 0.29) is 17.2 Å². The van der Waals surface area contributed by atoms with Gasteiger partial charge in [-0.05, 0) is 29.4 Å². The number of likely N-dealkylation sites (tertiary alicyclic amines) is 1. The Kier molecular flexibility index (Phi) is 3.47. The number of nitrogens with one attached hydrogen (secondary N) is 1. The lowest BCUT2D eigenvalue weighted by Crippen LogP contribution is -2.45. The minimum atomic E-state index is -0.209. The predicted octanol–water partition coefficient (Wildman–Crippen LogP) is 2.72. The normalized spacial score (nSPS) is 21.0. The van der Waals surface area contributed by atoms with Crippen LogP contribution in [0.5, 0.6) is 0 Å². The summed E-state index contributed by atoms with van der Waals surface area (Å²) in [4.78, 5) is 26.0. The van der Waals surface area contributed by atoms with Crippen LogP contribution in [0.4, 0.5) is 5.69 Å². The molecule has 1 aromatic rings. The Balaban J connectivity index is 1.84. The van der Waals surface area contributed by atoms with Crippen molar-refractivity contribution in [3.05, 3.63) is 29.3 Å². The molecule has 0 saturated carbocycles. The second-order valence-corrected chi connectivity index (χ2v) is 6.87. The highest BCUT2D eigenvalue weighted by Crippen LogP contribution is 2.34. The standard InChI is InChI=1S/C17H22N2O2/c1-17(2)9-14(20)19(15(21)10-17)11-13-6-3-5-12-7-4-8-18-16(12)13/h3,5-6,18H,4,7-11H2,1-2H3. The first kappa shape index (κ1) is 14.1. The molecule has 0 atom stereocenters. The molecule has 112 valence electrons. The number of amides is 2. The maximum atomic E-state index is 12.3. The van der Waals surface area contributed by atoms with Crippen molar-refractivity contribution in [2.45, 2.75) is 46.1 Å². The molecule has 1 saturated heterocycles. The summed E-state index contributed by atoms with van der Waals surface area (Å²) >= 11 is 0. The number of imide groups is 1. The van der Waals surface area contributed by atoms with Crippen molar-refractivity contribution in [1.29, 1.82) is 0 Å². The van der Waals surface area contributed by atoms with E-state index in [2.05, 4.69) is 11.4 Å². The third kappa shape index (κ3) is 2.80. The first-order chi connectivity index (χ1) is 9.96. The van der Waals surface area contributed by atoms with E-state index >= 15 is 0 Å². The number of piperidine rings is 1. The number of carbonyl (C=O) groups excluding carboxylic acids is 2. The molecule has 1 aromatic carbocycles. The van der Waals surface area contributed by atoms with Gasteiger partial charge in [0.1, 0.15) is 0 Å². The molecule has 4 nitrogen and oxygen atoms in total. The SMILES string of the molecule is CC1(C)CC(=O)N(Cc2cccc3c2NCCC3)C(=O)C1. The zero-order chi connectivity index (χ0) is 15.0. The van der Waals surface area contributed by atoms with Gasteiger partial charge in [-0.3, -0.25) is 14.5 Å². The average Bonchev–Trinajstić information content (AvgIpc) is 2.42. The van der Waals surface area contributed by atoms with Crippen molar-refractivity contribution < 1.29 is 9.59 Å². The highest BCUT2D eigenvalue weighted by molar-refractivity contribution is 5.98. The van der Waals surface area contributed by atoms with E-state index in [1.54, 1.807) is 0 Å². The molecule has 1 N–H and O–H groups in total. The molecule has 0 spiro atoms. The molecule has 21 heavy (non-hydrogen) atoms. The van der Waals surface area contributed by atoms with Gasteiger partial charge in [-0.1, -0.05) is 32.0 Å². The number of hydrogen-bond donors (Lipinski definition) is 1. The number of nitrogens with zero attached hydrogens (tertiary/aromatic N) is 1. The van der Waals surface area contributed by atoms with Gasteiger partial charge in [-0.25, -0.2) is 0 Å². The number of carbonyl (C=O) groups is 2. The summed E-state index contributed by atoms with van der Waals surface area (Å²) in [5.74, 6) is -0.102. The second-order valence-electron chi connectivity index (χ2n) is 6.87. The summed E-state index contributed by atoms with van der Waals surface area (Å²) in [5.41, 5.74) is 3.25. The Morgan fingerprint density at radius 2 is 1.90 bits per heavy atom. The van der Waals surface area contributed by atoms with Crippen molar-refractivity contribution in [1.82, 2.24) is 4.90 Å². The Hall–Kier alpha value is -1.84. The van der Waals surface area contributed by atoms with Crippen LogP contribution in [-0.2, 0) is 22.6 Å². The van der Waals surface area contributed by atoms with Gasteiger partial charge in [0.15, 0.2) is 0 Å². The number of anilines is 1. The van der Waals surface area contributed by atoms with Gasteiger partial charge in [0, 0.05) is 25.1 Å². The van der Waals surface area contributed by atoms with E-state index in [1.807, 2.05) is 26.0 Å². The molecule has 2 heterocycles. The van der Waals surface area contributed by atoms with Crippen LogP contribution in [0.1, 0.15) is 44.2 Å². The van der Waals surface area contributed by atoms with Gasteiger partial charge in [0.05, 0.1) is 6.54 Å². The van der Waals surface area contributed by atoms with Gasteiger partial charge >= 0.3 is 0 Å². The third-order valence-corrected chi connectivity index (χ3v) is 4.35. The van der Waals surface area contributed by atoms with Gasteiger partial charge in [0.2, 0.25) is 11.8 Å². The van der Waals surface area contributed by atoms with Crippen LogP contribution in [-0.4, -0.2) is 23.3 Å². The predicted molar refractivity (Wildman–Crippen MR) is 81.8 cm³/mol. The molecule has 3 rings (SSSR count). The molecule has 0 unspecified atom stereocenters. The van der Waals surface area contributed by atoms with E-state index in [4.69, 9.17) is 0 Å². The molecule has 2 aliphatic rings. The molecule has 0 bridgehead atoms. The third-order valence-electron chi connectivity index (χ3n) is 4.35. The Labute approximate surface area is 125 Å². The van der Waals surface area contributed by atoms with Gasteiger partial charge in [0.25, 0.3) is 0 Å². The van der Waals surface area contributed by atoms with Crippen molar-refractivity contribution in [3.63, 3.8) is 0 Å². The summed E-state index contributed by atoms with van der Waals surface area (Å²) in [7, 11) is 0. The van der Waals surface area contributed by atoms with E-state index in [0.717, 1.165) is 30.6 Å². The van der Waals surface area contributed by atoms with Crippen LogP contribution in [0.2, 0.25) is 0 Å². The van der Waals surface area contributed by atoms with Crippen LogP contribution in [0.25, 0.3) is 0 Å². The van der Waals surface area contributed by atoms with Gasteiger partial charge < -0.3 is 5.32 Å². The van der Waals surface area contributed by atoms with Crippen LogP contribution < -0.4 is 5.32 Å². The maximum Gasteiger partial charge on any atom is 0.230 e. The van der Waals surface area contributed by atoms with Crippen LogP contribution in [0.15, 0.2) is 18.2 Å². The summed E-state index contributed by atoms with van der Waals surface area (Å²) in [6.45, 7) is 5.31. The van der Waals surface area contributed by atoms with Gasteiger partial charge in [-0.15, -0.1) is 0 Å². The number of rotatable bonds is 2. The first-order valence-electron chi connectivity index (χ1n) is 7.64. The van der Waals surface area contributed by atoms with Crippen LogP contribution >= 0.6 is 0 Å². The van der Waals surface area contributed by atoms with Crippen molar-refractivity contribution in [2.24, 2.45) is 5.41 Å². The molecule has 0 radical (unpaired) electrons. The first-order valence-corrected chi connectivity index (χ1v) is 7.64. The number of benzene rings is 1. The second kappa shape index (κ2) is 5.17. The topological polar surface area (TPSA) is 49.4 Å². The quantitative estimate of drug-likeness (QED) is 0.850. The molecule has 2 amide bonds. The summed E-state index contributed by atoms with van der Waals surface area (Å²) in [5, 5.41) is 3.42. The van der Waals surface area contributed by atoms with E-state index in [9.17, 15) is 9.59 Å². The summed E-state index contributed by atoms with van der Waals surface area (Å²) in [6, 6.07) is 6.15. The molecule has 0 aromatic heterocycles. The fourth-order valence-corrected chi connectivity index (χ4v) is 3.27. The number of para-hydroxylation sites is 1. The molecule has 0 aliphatic carbocycles. The highest BCUT2D eigenvalue weighted by atomic mass is 16.2. The lowest BCUT2D eigenvalue weighted by Gasteiger charge is -2.35. The average molecular weight is 286 g/mol. The molecular formula is C17H22N2O2. The smallest absolute Gasteiger partial charge is 0.230 e. The van der Waals surface area contributed by atoms with Crippen LogP contribution in [0, 0.1) is 5.41 Å². The maximum absolute atomic E-state index is 12.3. The van der Waals surface area contributed by atoms with Crippen LogP contribution in [0.3, 0.4) is 0 Å². The van der Waals surface area contributed by atoms with E-state index in [1.165, 1.54) is 10.5 Å². The van der Waals surface area contributed by atoms with E-state index in [0.29, 0.717) is 19.4 Å². The number of aryl methyl sites for hydroxylation is 1. The fourth-order valence-electron chi connectivity index (χ4n) is 3.27. The number of hydrogen-bond acceptors (Lipinski definition) is 3. The Morgan fingerprint density at radius 3 is 2.62 bits per heavy atom. The largest absolute Gasteiger partial charge is 0.385 e. The zero-order valence-electron chi connectivity index (χ0n) is 12.7. The molecular weight excluding hydrogens is 264 g/mol. The molecule has 4 heteroatoms. The Bertz CT molecular complexity index is 572. The minimum Gasteiger partial charge on any atom is -0.385 e. The minimum absolute atomic E-state index is 0.0512. The van der Waals surface area contributed by atoms with Crippen molar-refractivity contribution in [3.8, 4) is 0 Å².